The molecule has 2 aliphatic carbocycles. The number of likely N-dealkylation sites (tertiary alicyclic amines) is 1. The summed E-state index contributed by atoms with van der Waals surface area (Å²) in [6, 6.07) is 14.9. The Morgan fingerprint density at radius 3 is 2.57 bits per heavy atom. The molecule has 0 unspecified atom stereocenters. The fourth-order valence-corrected chi connectivity index (χ4v) is 5.31. The molecule has 2 saturated carbocycles. The number of hydrogen-bond acceptors (Lipinski definition) is 4. The molecular formula is C28H25FN4O2. The smallest absolute Gasteiger partial charge is 0.256 e. The molecule has 0 bridgehead atoms. The molecule has 6 nitrogen and oxygen atoms in total. The summed E-state index contributed by atoms with van der Waals surface area (Å²) in [6.45, 7) is 1.80. The van der Waals surface area contributed by atoms with Gasteiger partial charge >= 0.3 is 0 Å². The molecule has 176 valence electrons. The molecule has 2 amide bonds. The quantitative estimate of drug-likeness (QED) is 0.568. The van der Waals surface area contributed by atoms with E-state index in [-0.39, 0.29) is 23.7 Å². The van der Waals surface area contributed by atoms with Crippen LogP contribution in [-0.4, -0.2) is 57.6 Å². The van der Waals surface area contributed by atoms with Gasteiger partial charge in [-0.2, -0.15) is 0 Å². The first kappa shape index (κ1) is 20.7. The lowest BCUT2D eigenvalue weighted by atomic mass is 9.97. The van der Waals surface area contributed by atoms with E-state index >= 15 is 4.39 Å². The van der Waals surface area contributed by atoms with Crippen molar-refractivity contribution >= 4 is 28.6 Å². The van der Waals surface area contributed by atoms with Crippen LogP contribution in [0, 0.1) is 17.7 Å². The van der Waals surface area contributed by atoms with Crippen molar-refractivity contribution in [2.24, 2.45) is 16.8 Å². The predicted octanol–water partition coefficient (Wildman–Crippen LogP) is 4.03. The first-order chi connectivity index (χ1) is 17.0. The van der Waals surface area contributed by atoms with Crippen molar-refractivity contribution in [2.45, 2.75) is 31.2 Å². The van der Waals surface area contributed by atoms with Gasteiger partial charge in [-0.1, -0.05) is 24.3 Å². The number of pyridine rings is 1. The van der Waals surface area contributed by atoms with Crippen LogP contribution in [0.2, 0.25) is 0 Å². The number of carbonyl (C=O) groups excluding carboxylic acids is 2. The van der Waals surface area contributed by atoms with Gasteiger partial charge in [0.25, 0.3) is 5.91 Å². The second kappa shape index (κ2) is 7.44. The number of fused-ring (bicyclic) bond motifs is 1. The highest BCUT2D eigenvalue weighted by molar-refractivity contribution is 6.16. The van der Waals surface area contributed by atoms with E-state index < -0.39 is 11.4 Å². The number of rotatable bonds is 5. The monoisotopic (exact) mass is 468 g/mol. The van der Waals surface area contributed by atoms with E-state index in [1.807, 2.05) is 41.3 Å². The van der Waals surface area contributed by atoms with E-state index in [2.05, 4.69) is 4.98 Å². The van der Waals surface area contributed by atoms with Gasteiger partial charge in [0, 0.05) is 43.1 Å². The van der Waals surface area contributed by atoms with Gasteiger partial charge < -0.3 is 4.90 Å². The van der Waals surface area contributed by atoms with E-state index in [0.29, 0.717) is 43.9 Å². The standard InChI is InChI=1S/C28H25FN4O2/c29-23-12-20(21-6-3-18-2-1-11-30-24(18)13-21)7-8-22(23)25-31-28(9-10-28)27(35)33(25)16-17-14-32(15-17)26(34)19-4-5-19/h1-3,6-8,11-13,17,19H,4-5,9-10,14-16H2. The Balaban J connectivity index is 1.14. The van der Waals surface area contributed by atoms with Gasteiger partial charge in [0.15, 0.2) is 0 Å². The fourth-order valence-electron chi connectivity index (χ4n) is 5.31. The number of carbonyl (C=O) groups is 2. The molecule has 1 spiro atoms. The second-order valence-corrected chi connectivity index (χ2v) is 10.4. The van der Waals surface area contributed by atoms with Gasteiger partial charge in [-0.3, -0.25) is 24.5 Å². The molecule has 0 atom stereocenters. The number of aromatic nitrogens is 1. The maximum absolute atomic E-state index is 15.5. The Labute approximate surface area is 202 Å². The lowest BCUT2D eigenvalue weighted by Crippen LogP contribution is -2.55. The Kier molecular flexibility index (Phi) is 4.41. The van der Waals surface area contributed by atoms with Crippen LogP contribution >= 0.6 is 0 Å². The molecule has 7 rings (SSSR count). The molecule has 3 heterocycles. The number of nitrogens with zero attached hydrogens (tertiary/aromatic N) is 4. The zero-order chi connectivity index (χ0) is 23.7. The number of benzene rings is 2. The molecule has 0 N–H and O–H groups in total. The largest absolute Gasteiger partial charge is 0.342 e. The molecule has 35 heavy (non-hydrogen) atoms. The van der Waals surface area contributed by atoms with Gasteiger partial charge in [0.05, 0.1) is 11.1 Å². The average molecular weight is 469 g/mol. The minimum absolute atomic E-state index is 0.0245. The second-order valence-electron chi connectivity index (χ2n) is 10.4. The number of hydrogen-bond donors (Lipinski definition) is 0. The minimum Gasteiger partial charge on any atom is -0.342 e. The minimum atomic E-state index is -0.697. The highest BCUT2D eigenvalue weighted by Crippen LogP contribution is 2.46. The van der Waals surface area contributed by atoms with Gasteiger partial charge in [0.1, 0.15) is 17.2 Å². The van der Waals surface area contributed by atoms with Gasteiger partial charge in [-0.15, -0.1) is 0 Å². The molecule has 2 aromatic carbocycles. The Bertz CT molecular complexity index is 1420. The number of amidine groups is 1. The molecule has 3 fully saturated rings. The van der Waals surface area contributed by atoms with Crippen molar-refractivity contribution in [3.8, 4) is 11.1 Å². The SMILES string of the molecule is O=C(C1CC1)N1CC(CN2C(=O)C3(CC3)N=C2c2ccc(-c3ccc4cccnc4c3)cc2F)C1. The summed E-state index contributed by atoms with van der Waals surface area (Å²) in [7, 11) is 0. The van der Waals surface area contributed by atoms with Crippen LogP contribution in [0.5, 0.6) is 0 Å². The van der Waals surface area contributed by atoms with Crippen molar-refractivity contribution in [2.75, 3.05) is 19.6 Å². The summed E-state index contributed by atoms with van der Waals surface area (Å²) in [5.74, 6) is 0.673. The Hall–Kier alpha value is -3.61. The molecule has 1 saturated heterocycles. The van der Waals surface area contributed by atoms with Crippen LogP contribution in [0.4, 0.5) is 4.39 Å². The highest BCUT2D eigenvalue weighted by atomic mass is 19.1. The number of amides is 2. The van der Waals surface area contributed by atoms with Crippen molar-refractivity contribution in [3.05, 3.63) is 66.1 Å². The van der Waals surface area contributed by atoms with E-state index in [0.717, 1.165) is 34.9 Å². The van der Waals surface area contributed by atoms with Gasteiger partial charge in [-0.05, 0) is 61.1 Å². The van der Waals surface area contributed by atoms with Crippen molar-refractivity contribution in [1.82, 2.24) is 14.8 Å². The zero-order valence-electron chi connectivity index (χ0n) is 19.3. The molecular weight excluding hydrogens is 443 g/mol. The first-order valence-electron chi connectivity index (χ1n) is 12.4. The maximum Gasteiger partial charge on any atom is 0.256 e. The van der Waals surface area contributed by atoms with Gasteiger partial charge in [0.2, 0.25) is 5.91 Å². The average Bonchev–Trinajstić information content (AvgIpc) is 3.76. The third-order valence-corrected chi connectivity index (χ3v) is 7.73. The third-order valence-electron chi connectivity index (χ3n) is 7.73. The predicted molar refractivity (Wildman–Crippen MR) is 130 cm³/mol. The first-order valence-corrected chi connectivity index (χ1v) is 12.4. The fraction of sp³-hybridized carbons (Fsp3) is 0.357. The van der Waals surface area contributed by atoms with Crippen LogP contribution in [0.25, 0.3) is 22.0 Å². The lowest BCUT2D eigenvalue weighted by molar-refractivity contribution is -0.139. The van der Waals surface area contributed by atoms with E-state index in [4.69, 9.17) is 4.99 Å². The van der Waals surface area contributed by atoms with E-state index in [1.54, 1.807) is 17.2 Å². The topological polar surface area (TPSA) is 65.9 Å². The summed E-state index contributed by atoms with van der Waals surface area (Å²) in [4.78, 5) is 38.2. The van der Waals surface area contributed by atoms with Gasteiger partial charge in [-0.25, -0.2) is 4.39 Å². The Morgan fingerprint density at radius 2 is 1.83 bits per heavy atom. The van der Waals surface area contributed by atoms with Crippen LogP contribution in [-0.2, 0) is 9.59 Å². The number of aliphatic imine (C=N–C) groups is 1. The molecule has 7 heteroatoms. The molecule has 1 aromatic heterocycles. The summed E-state index contributed by atoms with van der Waals surface area (Å²) < 4.78 is 15.5. The molecule has 4 aliphatic rings. The van der Waals surface area contributed by atoms with Crippen LogP contribution in [0.1, 0.15) is 31.2 Å². The molecule has 3 aromatic rings. The van der Waals surface area contributed by atoms with E-state index in [1.165, 1.54) is 6.07 Å². The van der Waals surface area contributed by atoms with Crippen LogP contribution in [0.3, 0.4) is 0 Å². The lowest BCUT2D eigenvalue weighted by Gasteiger charge is -2.41. The molecule has 0 radical (unpaired) electrons. The van der Waals surface area contributed by atoms with Crippen molar-refractivity contribution in [3.63, 3.8) is 0 Å². The van der Waals surface area contributed by atoms with Crippen LogP contribution in [0.15, 0.2) is 59.7 Å². The highest BCUT2D eigenvalue weighted by Gasteiger charge is 2.58. The zero-order valence-corrected chi connectivity index (χ0v) is 19.3. The number of halogens is 1. The van der Waals surface area contributed by atoms with E-state index in [9.17, 15) is 9.59 Å². The molecule has 2 aliphatic heterocycles. The normalized spacial score (nSPS) is 20.9. The summed E-state index contributed by atoms with van der Waals surface area (Å²) in [5, 5.41) is 1.03. The van der Waals surface area contributed by atoms with Crippen LogP contribution < -0.4 is 0 Å². The third kappa shape index (κ3) is 3.44. The summed E-state index contributed by atoms with van der Waals surface area (Å²) in [5.41, 5.74) is 2.16. The Morgan fingerprint density at radius 1 is 1.06 bits per heavy atom. The maximum atomic E-state index is 15.5. The van der Waals surface area contributed by atoms with Crippen molar-refractivity contribution < 1.29 is 14.0 Å². The summed E-state index contributed by atoms with van der Waals surface area (Å²) >= 11 is 0. The van der Waals surface area contributed by atoms with Crippen molar-refractivity contribution in [1.29, 1.82) is 0 Å². The summed E-state index contributed by atoms with van der Waals surface area (Å²) in [6.07, 6.45) is 5.17.